The summed E-state index contributed by atoms with van der Waals surface area (Å²) in [5.41, 5.74) is 1.08. The number of benzene rings is 1. The number of carbonyl (C=O) groups is 1. The van der Waals surface area contributed by atoms with Gasteiger partial charge in [-0.1, -0.05) is 12.1 Å². The standard InChI is InChI=1S/C20H24N2O3/c1-14-6-7-15(13-21-14)19(23)22-12-4-5-18(22)20(2,24)16-8-10-17(25-3)11-9-16/h6-11,13,18,24H,4-5,12H2,1-3H3. The first-order chi connectivity index (χ1) is 11.9. The van der Waals surface area contributed by atoms with Crippen molar-refractivity contribution >= 4 is 5.91 Å². The van der Waals surface area contributed by atoms with Crippen LogP contribution in [0.3, 0.4) is 0 Å². The number of hydrogen-bond donors (Lipinski definition) is 1. The van der Waals surface area contributed by atoms with E-state index >= 15 is 0 Å². The van der Waals surface area contributed by atoms with Crippen LogP contribution in [-0.2, 0) is 5.60 Å². The van der Waals surface area contributed by atoms with E-state index in [9.17, 15) is 9.90 Å². The van der Waals surface area contributed by atoms with Crippen LogP contribution in [0.2, 0.25) is 0 Å². The fourth-order valence-corrected chi connectivity index (χ4v) is 3.48. The molecule has 2 heterocycles. The second-order valence-corrected chi connectivity index (χ2v) is 6.72. The summed E-state index contributed by atoms with van der Waals surface area (Å²) >= 11 is 0. The molecule has 1 aliphatic rings. The molecule has 1 N–H and O–H groups in total. The Kier molecular flexibility index (Phi) is 4.77. The zero-order chi connectivity index (χ0) is 18.0. The van der Waals surface area contributed by atoms with E-state index < -0.39 is 5.60 Å². The normalized spacial score (nSPS) is 19.5. The molecule has 0 radical (unpaired) electrons. The van der Waals surface area contributed by atoms with Gasteiger partial charge in [-0.2, -0.15) is 0 Å². The molecule has 0 saturated carbocycles. The van der Waals surface area contributed by atoms with Gasteiger partial charge in [-0.25, -0.2) is 0 Å². The molecule has 132 valence electrons. The van der Waals surface area contributed by atoms with Gasteiger partial charge in [-0.05, 0) is 56.5 Å². The molecular formula is C20H24N2O3. The number of ether oxygens (including phenoxy) is 1. The molecule has 0 spiro atoms. The monoisotopic (exact) mass is 340 g/mol. The van der Waals surface area contributed by atoms with Gasteiger partial charge in [-0.3, -0.25) is 9.78 Å². The number of rotatable bonds is 4. The van der Waals surface area contributed by atoms with E-state index in [1.807, 2.05) is 37.3 Å². The highest BCUT2D eigenvalue weighted by atomic mass is 16.5. The Morgan fingerprint density at radius 2 is 2.00 bits per heavy atom. The summed E-state index contributed by atoms with van der Waals surface area (Å²) in [7, 11) is 1.61. The molecule has 0 bridgehead atoms. The minimum absolute atomic E-state index is 0.0798. The van der Waals surface area contributed by atoms with Crippen LogP contribution in [0.1, 0.15) is 41.4 Å². The average Bonchev–Trinajstić information content (AvgIpc) is 3.12. The van der Waals surface area contributed by atoms with Gasteiger partial charge in [0.15, 0.2) is 0 Å². The summed E-state index contributed by atoms with van der Waals surface area (Å²) in [5.74, 6) is 0.661. The summed E-state index contributed by atoms with van der Waals surface area (Å²) in [5, 5.41) is 11.2. The predicted octanol–water partition coefficient (Wildman–Crippen LogP) is 2.91. The van der Waals surface area contributed by atoms with E-state index in [0.29, 0.717) is 12.1 Å². The molecule has 5 nitrogen and oxygen atoms in total. The van der Waals surface area contributed by atoms with Crippen molar-refractivity contribution in [1.29, 1.82) is 0 Å². The molecule has 3 rings (SSSR count). The lowest BCUT2D eigenvalue weighted by Gasteiger charge is -2.37. The predicted molar refractivity (Wildman–Crippen MR) is 95.6 cm³/mol. The number of hydrogen-bond acceptors (Lipinski definition) is 4. The highest BCUT2D eigenvalue weighted by molar-refractivity contribution is 5.94. The fraction of sp³-hybridized carbons (Fsp3) is 0.400. The molecule has 1 aromatic heterocycles. The maximum atomic E-state index is 12.9. The number of pyridine rings is 1. The summed E-state index contributed by atoms with van der Waals surface area (Å²) in [6, 6.07) is 10.7. The van der Waals surface area contributed by atoms with Crippen molar-refractivity contribution in [2.24, 2.45) is 0 Å². The molecule has 1 amide bonds. The first-order valence-electron chi connectivity index (χ1n) is 8.54. The number of carbonyl (C=O) groups excluding carboxylic acids is 1. The van der Waals surface area contributed by atoms with Crippen molar-refractivity contribution in [3.05, 3.63) is 59.4 Å². The Hall–Kier alpha value is -2.40. The third-order valence-electron chi connectivity index (χ3n) is 5.00. The molecule has 0 aliphatic carbocycles. The molecule has 1 fully saturated rings. The van der Waals surface area contributed by atoms with Crippen LogP contribution in [0.25, 0.3) is 0 Å². The number of aliphatic hydroxyl groups is 1. The number of aromatic nitrogens is 1. The summed E-state index contributed by atoms with van der Waals surface area (Å²) < 4.78 is 5.18. The fourth-order valence-electron chi connectivity index (χ4n) is 3.48. The number of likely N-dealkylation sites (tertiary alicyclic amines) is 1. The third-order valence-corrected chi connectivity index (χ3v) is 5.00. The van der Waals surface area contributed by atoms with Crippen molar-refractivity contribution in [3.63, 3.8) is 0 Å². The molecule has 1 aliphatic heterocycles. The smallest absolute Gasteiger partial charge is 0.255 e. The second-order valence-electron chi connectivity index (χ2n) is 6.72. The van der Waals surface area contributed by atoms with Crippen LogP contribution in [0.5, 0.6) is 5.75 Å². The lowest BCUT2D eigenvalue weighted by molar-refractivity contribution is -0.0177. The van der Waals surface area contributed by atoms with Crippen molar-refractivity contribution in [2.75, 3.05) is 13.7 Å². The first-order valence-corrected chi connectivity index (χ1v) is 8.54. The summed E-state index contributed by atoms with van der Waals surface area (Å²) in [6.07, 6.45) is 3.25. The van der Waals surface area contributed by atoms with Gasteiger partial charge in [0.05, 0.1) is 18.7 Å². The first kappa shape index (κ1) is 17.4. The number of nitrogens with zero attached hydrogens (tertiary/aromatic N) is 2. The van der Waals surface area contributed by atoms with Crippen LogP contribution >= 0.6 is 0 Å². The molecule has 5 heteroatoms. The van der Waals surface area contributed by atoms with E-state index in [1.54, 1.807) is 31.2 Å². The molecule has 2 aromatic rings. The topological polar surface area (TPSA) is 62.7 Å². The van der Waals surface area contributed by atoms with E-state index in [-0.39, 0.29) is 11.9 Å². The SMILES string of the molecule is COc1ccc(C(C)(O)C2CCCN2C(=O)c2ccc(C)nc2)cc1. The van der Waals surface area contributed by atoms with Gasteiger partial charge in [0.25, 0.3) is 5.91 Å². The minimum Gasteiger partial charge on any atom is -0.497 e. The van der Waals surface area contributed by atoms with E-state index in [4.69, 9.17) is 4.74 Å². The quantitative estimate of drug-likeness (QED) is 0.929. The molecule has 25 heavy (non-hydrogen) atoms. The van der Waals surface area contributed by atoms with Gasteiger partial charge >= 0.3 is 0 Å². The van der Waals surface area contributed by atoms with Crippen LogP contribution in [-0.4, -0.2) is 40.6 Å². The van der Waals surface area contributed by atoms with Gasteiger partial charge in [0.2, 0.25) is 0 Å². The average molecular weight is 340 g/mol. The molecule has 2 atom stereocenters. The Balaban J connectivity index is 1.86. The maximum absolute atomic E-state index is 12.9. The van der Waals surface area contributed by atoms with E-state index in [2.05, 4.69) is 4.98 Å². The van der Waals surface area contributed by atoms with Crippen molar-refractivity contribution in [1.82, 2.24) is 9.88 Å². The zero-order valence-electron chi connectivity index (χ0n) is 14.9. The molecule has 1 aromatic carbocycles. The largest absolute Gasteiger partial charge is 0.497 e. The third kappa shape index (κ3) is 3.37. The zero-order valence-corrected chi connectivity index (χ0v) is 14.9. The Labute approximate surface area is 148 Å². The maximum Gasteiger partial charge on any atom is 0.255 e. The summed E-state index contributed by atoms with van der Waals surface area (Å²) in [4.78, 5) is 18.9. The van der Waals surface area contributed by atoms with Gasteiger partial charge in [-0.15, -0.1) is 0 Å². The Morgan fingerprint density at radius 1 is 1.28 bits per heavy atom. The Morgan fingerprint density at radius 3 is 2.60 bits per heavy atom. The molecular weight excluding hydrogens is 316 g/mol. The van der Waals surface area contributed by atoms with Gasteiger partial charge in [0.1, 0.15) is 11.4 Å². The Bertz CT molecular complexity index is 739. The van der Waals surface area contributed by atoms with E-state index in [1.165, 1.54) is 0 Å². The number of aryl methyl sites for hydroxylation is 1. The van der Waals surface area contributed by atoms with E-state index in [0.717, 1.165) is 29.8 Å². The summed E-state index contributed by atoms with van der Waals surface area (Å²) in [6.45, 7) is 4.31. The van der Waals surface area contributed by atoms with Crippen LogP contribution in [0, 0.1) is 6.92 Å². The highest BCUT2D eigenvalue weighted by Gasteiger charge is 2.42. The van der Waals surface area contributed by atoms with Crippen molar-refractivity contribution < 1.29 is 14.6 Å². The second kappa shape index (κ2) is 6.84. The van der Waals surface area contributed by atoms with Crippen molar-refractivity contribution in [3.8, 4) is 5.75 Å². The van der Waals surface area contributed by atoms with Crippen LogP contribution in [0.4, 0.5) is 0 Å². The van der Waals surface area contributed by atoms with Gasteiger partial charge < -0.3 is 14.7 Å². The number of amides is 1. The molecule has 1 saturated heterocycles. The lowest BCUT2D eigenvalue weighted by atomic mass is 9.86. The number of methoxy groups -OCH3 is 1. The van der Waals surface area contributed by atoms with Gasteiger partial charge in [0, 0.05) is 18.4 Å². The van der Waals surface area contributed by atoms with Crippen LogP contribution < -0.4 is 4.74 Å². The van der Waals surface area contributed by atoms with Crippen LogP contribution in [0.15, 0.2) is 42.6 Å². The van der Waals surface area contributed by atoms with Crippen molar-refractivity contribution in [2.45, 2.75) is 38.3 Å². The lowest BCUT2D eigenvalue weighted by Crippen LogP contribution is -2.48. The minimum atomic E-state index is -1.13. The molecule has 2 unspecified atom stereocenters. The highest BCUT2D eigenvalue weighted by Crippen LogP contribution is 2.36.